The molecule has 1 aromatic carbocycles. The van der Waals surface area contributed by atoms with E-state index >= 15 is 0 Å². The fourth-order valence-corrected chi connectivity index (χ4v) is 6.23. The van der Waals surface area contributed by atoms with Gasteiger partial charge in [0.2, 0.25) is 0 Å². The van der Waals surface area contributed by atoms with Crippen molar-refractivity contribution in [2.75, 3.05) is 18.6 Å². The zero-order valence-electron chi connectivity index (χ0n) is 11.1. The smallest absolute Gasteiger partial charge is 0.340 e. The number of carbonyl (C=O) groups excluding carboxylic acids is 1. The highest BCUT2D eigenvalue weighted by Gasteiger charge is 2.49. The van der Waals surface area contributed by atoms with Crippen LogP contribution in [0.25, 0.3) is 5.69 Å². The number of fused-ring (bicyclic) bond motifs is 5. The fraction of sp³-hybridized carbons (Fsp3) is 0.286. The van der Waals surface area contributed by atoms with E-state index in [-0.39, 0.29) is 9.64 Å². The molecule has 4 nitrogen and oxygen atoms in total. The number of esters is 1. The highest BCUT2D eigenvalue weighted by molar-refractivity contribution is 8.20. The predicted octanol–water partition coefficient (Wildman–Crippen LogP) is 2.79. The Balaban J connectivity index is 2.07. The summed E-state index contributed by atoms with van der Waals surface area (Å²) in [4.78, 5) is 12.0. The molecule has 21 heavy (non-hydrogen) atoms. The molecule has 0 radical (unpaired) electrons. The normalized spacial score (nSPS) is 17.8. The quantitative estimate of drug-likeness (QED) is 0.756. The zero-order valence-corrected chi connectivity index (χ0v) is 12.8. The van der Waals surface area contributed by atoms with Gasteiger partial charge in [-0.05, 0) is 18.2 Å². The number of thioether (sulfide) groups is 2. The van der Waals surface area contributed by atoms with Crippen molar-refractivity contribution < 1.29 is 13.9 Å². The summed E-state index contributed by atoms with van der Waals surface area (Å²) in [5.41, 5.74) is 2.66. The van der Waals surface area contributed by atoms with Crippen LogP contribution >= 0.6 is 23.5 Å². The summed E-state index contributed by atoms with van der Waals surface area (Å²) in [6.45, 7) is 0. The summed E-state index contributed by atoms with van der Waals surface area (Å²) < 4.78 is 20.2. The third-order valence-electron chi connectivity index (χ3n) is 3.72. The van der Waals surface area contributed by atoms with E-state index in [1.165, 1.54) is 19.2 Å². The molecule has 7 heteroatoms. The van der Waals surface area contributed by atoms with E-state index in [0.29, 0.717) is 5.69 Å². The number of methoxy groups -OCH3 is 1. The molecule has 3 heterocycles. The maximum Gasteiger partial charge on any atom is 0.340 e. The van der Waals surface area contributed by atoms with Gasteiger partial charge in [0.25, 0.3) is 0 Å². The third-order valence-corrected chi connectivity index (χ3v) is 7.17. The van der Waals surface area contributed by atoms with Gasteiger partial charge in [-0.15, -0.1) is 23.5 Å². The van der Waals surface area contributed by atoms with Gasteiger partial charge in [-0.3, -0.25) is 0 Å². The molecule has 4 rings (SSSR count). The van der Waals surface area contributed by atoms with Crippen molar-refractivity contribution in [3.05, 3.63) is 47.0 Å². The van der Waals surface area contributed by atoms with Crippen molar-refractivity contribution in [1.82, 2.24) is 9.78 Å². The number of benzene rings is 1. The van der Waals surface area contributed by atoms with E-state index in [2.05, 4.69) is 5.10 Å². The molecular weight excluding hydrogens is 311 g/mol. The van der Waals surface area contributed by atoms with Gasteiger partial charge in [0, 0.05) is 23.3 Å². The van der Waals surface area contributed by atoms with Gasteiger partial charge in [-0.25, -0.2) is 13.9 Å². The number of ether oxygens (including phenoxy) is 1. The van der Waals surface area contributed by atoms with Gasteiger partial charge >= 0.3 is 5.97 Å². The van der Waals surface area contributed by atoms with E-state index < -0.39 is 11.8 Å². The molecule has 0 aliphatic carbocycles. The minimum absolute atomic E-state index is 0.224. The molecule has 0 N–H and O–H groups in total. The summed E-state index contributed by atoms with van der Waals surface area (Å²) >= 11 is 3.52. The summed E-state index contributed by atoms with van der Waals surface area (Å²) in [5.74, 6) is 1.00. The van der Waals surface area contributed by atoms with Crippen LogP contribution in [0.1, 0.15) is 21.6 Å². The van der Waals surface area contributed by atoms with Crippen molar-refractivity contribution in [2.24, 2.45) is 0 Å². The van der Waals surface area contributed by atoms with Crippen LogP contribution in [-0.4, -0.2) is 34.4 Å². The molecular formula is C14H11FN2O2S2. The number of nitrogens with zero attached hydrogens (tertiary/aromatic N) is 2. The molecule has 1 spiro atoms. The molecule has 0 unspecified atom stereocenters. The number of hydrogen-bond donors (Lipinski definition) is 0. The highest BCUT2D eigenvalue weighted by atomic mass is 32.2. The standard InChI is InChI=1S/C14H11FN2O2S2/c1-19-13(18)9-6-8(15)7-10-12(9)17-11(2-3-16-17)14(10)20-4-5-21-14/h2-3,6-7H,4-5H2,1H3. The van der Waals surface area contributed by atoms with E-state index in [1.807, 2.05) is 6.07 Å². The van der Waals surface area contributed by atoms with E-state index in [4.69, 9.17) is 4.74 Å². The predicted molar refractivity (Wildman–Crippen MR) is 80.6 cm³/mol. The molecule has 0 bridgehead atoms. The topological polar surface area (TPSA) is 44.1 Å². The van der Waals surface area contributed by atoms with E-state index in [1.54, 1.807) is 34.4 Å². The number of carbonyl (C=O) groups is 1. The van der Waals surface area contributed by atoms with Gasteiger partial charge < -0.3 is 4.74 Å². The first-order valence-electron chi connectivity index (χ1n) is 6.42. The molecule has 1 aromatic heterocycles. The lowest BCUT2D eigenvalue weighted by Gasteiger charge is -2.22. The largest absolute Gasteiger partial charge is 0.465 e. The first kappa shape index (κ1) is 13.2. The first-order valence-corrected chi connectivity index (χ1v) is 8.39. The summed E-state index contributed by atoms with van der Waals surface area (Å²) in [5, 5.41) is 4.32. The van der Waals surface area contributed by atoms with Crippen molar-refractivity contribution in [3.8, 4) is 5.69 Å². The number of rotatable bonds is 1. The SMILES string of the molecule is COC(=O)c1cc(F)cc2c1-n1nccc1C21SCCS1. The van der Waals surface area contributed by atoms with Crippen molar-refractivity contribution >= 4 is 29.5 Å². The Hall–Kier alpha value is -1.47. The summed E-state index contributed by atoms with van der Waals surface area (Å²) in [6, 6.07) is 4.67. The molecule has 0 amide bonds. The summed E-state index contributed by atoms with van der Waals surface area (Å²) in [7, 11) is 1.30. The molecule has 0 atom stereocenters. The van der Waals surface area contributed by atoms with E-state index in [9.17, 15) is 9.18 Å². The lowest BCUT2D eigenvalue weighted by atomic mass is 10.1. The van der Waals surface area contributed by atoms with Gasteiger partial charge in [-0.2, -0.15) is 5.10 Å². The molecule has 2 aliphatic heterocycles. The second kappa shape index (κ2) is 4.51. The second-order valence-electron chi connectivity index (χ2n) is 4.78. The minimum atomic E-state index is -0.544. The molecule has 108 valence electrons. The monoisotopic (exact) mass is 322 g/mol. The van der Waals surface area contributed by atoms with Crippen LogP contribution < -0.4 is 0 Å². The van der Waals surface area contributed by atoms with Crippen molar-refractivity contribution in [2.45, 2.75) is 4.08 Å². The van der Waals surface area contributed by atoms with E-state index in [0.717, 1.165) is 22.8 Å². The zero-order chi connectivity index (χ0) is 14.6. The van der Waals surface area contributed by atoms with Crippen molar-refractivity contribution in [3.63, 3.8) is 0 Å². The Labute approximate surface area is 129 Å². The maximum absolute atomic E-state index is 14.0. The highest BCUT2D eigenvalue weighted by Crippen LogP contribution is 2.61. The van der Waals surface area contributed by atoms with Crippen LogP contribution in [0.15, 0.2) is 24.4 Å². The number of aromatic nitrogens is 2. The fourth-order valence-electron chi connectivity index (χ4n) is 2.93. The van der Waals surface area contributed by atoms with Crippen LogP contribution in [0.5, 0.6) is 0 Å². The van der Waals surface area contributed by atoms with Crippen LogP contribution in [-0.2, 0) is 8.82 Å². The molecule has 1 fully saturated rings. The third kappa shape index (κ3) is 1.64. The van der Waals surface area contributed by atoms with Gasteiger partial charge in [-0.1, -0.05) is 0 Å². The van der Waals surface area contributed by atoms with Crippen LogP contribution in [0.4, 0.5) is 4.39 Å². The molecule has 0 saturated carbocycles. The van der Waals surface area contributed by atoms with Crippen molar-refractivity contribution in [1.29, 1.82) is 0 Å². The average Bonchev–Trinajstić information content (AvgIpc) is 3.18. The Bertz CT molecular complexity index is 753. The first-order chi connectivity index (χ1) is 10.2. The van der Waals surface area contributed by atoms with Gasteiger partial charge in [0.05, 0.1) is 24.1 Å². The number of halogens is 1. The molecule has 1 saturated heterocycles. The number of hydrogen-bond acceptors (Lipinski definition) is 5. The Morgan fingerprint density at radius 3 is 2.90 bits per heavy atom. The average molecular weight is 322 g/mol. The van der Waals surface area contributed by atoms with Crippen LogP contribution in [0, 0.1) is 5.82 Å². The minimum Gasteiger partial charge on any atom is -0.465 e. The Morgan fingerprint density at radius 1 is 1.43 bits per heavy atom. The Morgan fingerprint density at radius 2 is 2.19 bits per heavy atom. The Kier molecular flexibility index (Phi) is 2.84. The van der Waals surface area contributed by atoms with Crippen LogP contribution in [0.2, 0.25) is 0 Å². The second-order valence-corrected chi connectivity index (χ2v) is 7.66. The maximum atomic E-state index is 14.0. The molecule has 2 aromatic rings. The summed E-state index contributed by atoms with van der Waals surface area (Å²) in [6.07, 6.45) is 1.71. The van der Waals surface area contributed by atoms with Gasteiger partial charge in [0.15, 0.2) is 0 Å². The van der Waals surface area contributed by atoms with Crippen LogP contribution in [0.3, 0.4) is 0 Å². The lowest BCUT2D eigenvalue weighted by Crippen LogP contribution is -2.13. The lowest BCUT2D eigenvalue weighted by molar-refractivity contribution is 0.0600. The molecule has 2 aliphatic rings. The van der Waals surface area contributed by atoms with Gasteiger partial charge in [0.1, 0.15) is 9.90 Å².